The van der Waals surface area contributed by atoms with Gasteiger partial charge in [-0.3, -0.25) is 0 Å². The van der Waals surface area contributed by atoms with Crippen molar-refractivity contribution in [1.29, 1.82) is 5.26 Å². The Kier molecular flexibility index (Phi) is 10.4. The third-order valence-corrected chi connectivity index (χ3v) is 3.27. The molecule has 1 rings (SSSR count). The van der Waals surface area contributed by atoms with Crippen molar-refractivity contribution in [3.8, 4) is 6.07 Å². The number of hydrogen-bond acceptors (Lipinski definition) is 3. The molecule has 0 amide bonds. The van der Waals surface area contributed by atoms with Crippen LogP contribution in [0.25, 0.3) is 0 Å². The Morgan fingerprint density at radius 2 is 1.68 bits per heavy atom. The first kappa shape index (κ1) is 18.0. The van der Waals surface area contributed by atoms with Crippen molar-refractivity contribution in [3.63, 3.8) is 0 Å². The standard InChI is InChI=1S/C8H5BrN2S.C6H15N/c9-6-1-3-7(4-2-6)11-8(12)5-10;1-4-7(5-2)6-3/h1-4H,(H,11,12);4-6H2,1-3H3. The molecule has 1 aromatic carbocycles. The zero-order chi connectivity index (χ0) is 14.7. The van der Waals surface area contributed by atoms with Crippen LogP contribution in [0.3, 0.4) is 0 Å². The van der Waals surface area contributed by atoms with Crippen LogP contribution in [0.2, 0.25) is 0 Å². The predicted octanol–water partition coefficient (Wildman–Crippen LogP) is 4.06. The van der Waals surface area contributed by atoms with Gasteiger partial charge < -0.3 is 10.2 Å². The van der Waals surface area contributed by atoms with Crippen LogP contribution in [-0.2, 0) is 0 Å². The van der Waals surface area contributed by atoms with E-state index in [1.54, 1.807) is 0 Å². The zero-order valence-corrected chi connectivity index (χ0v) is 14.0. The van der Waals surface area contributed by atoms with Crippen molar-refractivity contribution in [1.82, 2.24) is 4.90 Å². The van der Waals surface area contributed by atoms with Gasteiger partial charge in [0.15, 0.2) is 4.99 Å². The van der Waals surface area contributed by atoms with Crippen LogP contribution >= 0.6 is 28.1 Å². The van der Waals surface area contributed by atoms with Gasteiger partial charge in [0.2, 0.25) is 0 Å². The van der Waals surface area contributed by atoms with E-state index in [2.05, 4.69) is 59.1 Å². The summed E-state index contributed by atoms with van der Waals surface area (Å²) in [6.07, 6.45) is 0. The number of thiocarbonyl (C=S) groups is 1. The summed E-state index contributed by atoms with van der Waals surface area (Å²) in [6, 6.07) is 9.27. The molecule has 19 heavy (non-hydrogen) atoms. The number of rotatable bonds is 4. The first-order valence-corrected chi connectivity index (χ1v) is 7.46. The quantitative estimate of drug-likeness (QED) is 0.838. The molecule has 0 heterocycles. The number of nitriles is 1. The maximum Gasteiger partial charge on any atom is 0.182 e. The maximum absolute atomic E-state index is 8.39. The molecule has 1 N–H and O–H groups in total. The highest BCUT2D eigenvalue weighted by atomic mass is 79.9. The molecule has 0 aliphatic heterocycles. The molecule has 0 bridgehead atoms. The Morgan fingerprint density at radius 1 is 1.21 bits per heavy atom. The summed E-state index contributed by atoms with van der Waals surface area (Å²) in [5.41, 5.74) is 0.824. The van der Waals surface area contributed by atoms with Crippen molar-refractivity contribution < 1.29 is 0 Å². The maximum atomic E-state index is 8.39. The third kappa shape index (κ3) is 8.71. The van der Waals surface area contributed by atoms with Gasteiger partial charge in [-0.1, -0.05) is 36.7 Å². The fraction of sp³-hybridized carbons (Fsp3) is 0.429. The molecule has 0 fully saturated rings. The third-order valence-electron chi connectivity index (χ3n) is 2.55. The Balaban J connectivity index is 0.000000399. The number of benzene rings is 1. The van der Waals surface area contributed by atoms with Crippen molar-refractivity contribution >= 4 is 38.8 Å². The lowest BCUT2D eigenvalue weighted by Crippen LogP contribution is -2.21. The van der Waals surface area contributed by atoms with Crippen LogP contribution in [0, 0.1) is 11.3 Å². The molecule has 0 unspecified atom stereocenters. The largest absolute Gasteiger partial charge is 0.338 e. The van der Waals surface area contributed by atoms with E-state index >= 15 is 0 Å². The van der Waals surface area contributed by atoms with E-state index < -0.39 is 0 Å². The van der Waals surface area contributed by atoms with Gasteiger partial charge in [-0.2, -0.15) is 5.26 Å². The fourth-order valence-corrected chi connectivity index (χ4v) is 1.75. The van der Waals surface area contributed by atoms with E-state index in [9.17, 15) is 0 Å². The highest BCUT2D eigenvalue weighted by Gasteiger charge is 1.94. The fourth-order valence-electron chi connectivity index (χ4n) is 1.36. The van der Waals surface area contributed by atoms with Gasteiger partial charge in [0, 0.05) is 10.2 Å². The average molecular weight is 342 g/mol. The number of halogens is 1. The van der Waals surface area contributed by atoms with Gasteiger partial charge in [0.1, 0.15) is 6.07 Å². The van der Waals surface area contributed by atoms with Gasteiger partial charge in [-0.05, 0) is 56.1 Å². The molecule has 0 aromatic heterocycles. The second-order valence-electron chi connectivity index (χ2n) is 3.69. The lowest BCUT2D eigenvalue weighted by molar-refractivity contribution is 0.321. The predicted molar refractivity (Wildman–Crippen MR) is 89.4 cm³/mol. The first-order chi connectivity index (χ1) is 9.07. The Morgan fingerprint density at radius 3 is 2.00 bits per heavy atom. The zero-order valence-electron chi connectivity index (χ0n) is 11.6. The monoisotopic (exact) mass is 341 g/mol. The molecule has 0 radical (unpaired) electrons. The summed E-state index contributed by atoms with van der Waals surface area (Å²) in [5, 5.41) is 11.2. The van der Waals surface area contributed by atoms with Crippen LogP contribution < -0.4 is 5.32 Å². The molecule has 104 valence electrons. The van der Waals surface area contributed by atoms with Gasteiger partial charge in [0.05, 0.1) is 0 Å². The van der Waals surface area contributed by atoms with Crippen molar-refractivity contribution in [2.45, 2.75) is 20.8 Å². The number of hydrogen-bond donors (Lipinski definition) is 1. The molecule has 5 heteroatoms. The van der Waals surface area contributed by atoms with Crippen LogP contribution in [0.4, 0.5) is 5.69 Å². The van der Waals surface area contributed by atoms with Gasteiger partial charge in [-0.25, -0.2) is 0 Å². The topological polar surface area (TPSA) is 39.1 Å². The minimum absolute atomic E-state index is 0.178. The van der Waals surface area contributed by atoms with Gasteiger partial charge in [0.25, 0.3) is 0 Å². The highest BCUT2D eigenvalue weighted by molar-refractivity contribution is 9.10. The second-order valence-corrected chi connectivity index (χ2v) is 5.02. The molecule has 0 saturated carbocycles. The first-order valence-electron chi connectivity index (χ1n) is 6.26. The average Bonchev–Trinajstić information content (AvgIpc) is 2.44. The molecular formula is C14H20BrN3S. The molecule has 0 spiro atoms. The SMILES string of the molecule is CCN(CC)CC.N#CC(=S)Nc1ccc(Br)cc1. The number of anilines is 1. The van der Waals surface area contributed by atoms with E-state index in [0.717, 1.165) is 10.2 Å². The molecule has 0 saturated heterocycles. The lowest BCUT2D eigenvalue weighted by Gasteiger charge is -2.13. The Bertz CT molecular complexity index is 402. The summed E-state index contributed by atoms with van der Waals surface area (Å²) in [7, 11) is 0. The van der Waals surface area contributed by atoms with Crippen molar-refractivity contribution in [3.05, 3.63) is 28.7 Å². The van der Waals surface area contributed by atoms with E-state index in [1.807, 2.05) is 30.3 Å². The Hall–Kier alpha value is -0.960. The van der Waals surface area contributed by atoms with Crippen molar-refractivity contribution in [2.75, 3.05) is 25.0 Å². The molecule has 0 aliphatic carbocycles. The lowest BCUT2D eigenvalue weighted by atomic mass is 10.3. The van der Waals surface area contributed by atoms with Crippen LogP contribution in [0.5, 0.6) is 0 Å². The second kappa shape index (κ2) is 10.9. The molecule has 3 nitrogen and oxygen atoms in total. The number of nitrogens with one attached hydrogen (secondary N) is 1. The summed E-state index contributed by atoms with van der Waals surface area (Å²) in [6.45, 7) is 10.1. The molecule has 0 aliphatic rings. The minimum Gasteiger partial charge on any atom is -0.338 e. The van der Waals surface area contributed by atoms with Gasteiger partial charge >= 0.3 is 0 Å². The molecule has 1 aromatic rings. The summed E-state index contributed by atoms with van der Waals surface area (Å²) < 4.78 is 0.996. The minimum atomic E-state index is 0.178. The molecular weight excluding hydrogens is 322 g/mol. The van der Waals surface area contributed by atoms with Crippen LogP contribution in [-0.4, -0.2) is 29.5 Å². The van der Waals surface area contributed by atoms with Crippen LogP contribution in [0.15, 0.2) is 28.7 Å². The number of nitrogens with zero attached hydrogens (tertiary/aromatic N) is 2. The van der Waals surface area contributed by atoms with E-state index in [4.69, 9.17) is 5.26 Å². The smallest absolute Gasteiger partial charge is 0.182 e. The van der Waals surface area contributed by atoms with E-state index in [-0.39, 0.29) is 4.99 Å². The summed E-state index contributed by atoms with van der Waals surface area (Å²) >= 11 is 7.99. The normalized spacial score (nSPS) is 9.26. The van der Waals surface area contributed by atoms with E-state index in [1.165, 1.54) is 19.6 Å². The summed E-state index contributed by atoms with van der Waals surface area (Å²) in [4.78, 5) is 2.55. The van der Waals surface area contributed by atoms with E-state index in [0.29, 0.717) is 0 Å². The van der Waals surface area contributed by atoms with Crippen molar-refractivity contribution in [2.24, 2.45) is 0 Å². The Labute approximate surface area is 129 Å². The molecule has 0 atom stereocenters. The van der Waals surface area contributed by atoms with Gasteiger partial charge in [-0.15, -0.1) is 0 Å². The van der Waals surface area contributed by atoms with Crippen LogP contribution in [0.1, 0.15) is 20.8 Å². The summed E-state index contributed by atoms with van der Waals surface area (Å²) in [5.74, 6) is 0. The highest BCUT2D eigenvalue weighted by Crippen LogP contribution is 2.13.